The first-order valence-electron chi connectivity index (χ1n) is 8.47. The molecule has 1 aromatic heterocycles. The minimum Gasteiger partial charge on any atom is -0.348 e. The van der Waals surface area contributed by atoms with Crippen LogP contribution in [0.5, 0.6) is 0 Å². The quantitative estimate of drug-likeness (QED) is 0.812. The summed E-state index contributed by atoms with van der Waals surface area (Å²) in [5.74, 6) is -0.0938. The highest BCUT2D eigenvalue weighted by atomic mass is 35.5. The lowest BCUT2D eigenvalue weighted by Gasteiger charge is -2.32. The number of hydrogen-bond acceptors (Lipinski definition) is 5. The average Bonchev–Trinajstić information content (AvgIpc) is 3.12. The molecule has 1 aliphatic heterocycles. The normalized spacial score (nSPS) is 14.6. The molecule has 0 atom stereocenters. The van der Waals surface area contributed by atoms with Crippen LogP contribution in [-0.4, -0.2) is 47.4 Å². The monoisotopic (exact) mass is 394 g/mol. The molecule has 6 nitrogen and oxygen atoms in total. The molecule has 0 unspecified atom stereocenters. The molecule has 1 fully saturated rings. The van der Waals surface area contributed by atoms with Crippen molar-refractivity contribution in [1.29, 1.82) is 0 Å². The zero-order chi connectivity index (χ0) is 17.6. The van der Waals surface area contributed by atoms with Crippen LogP contribution in [-0.2, 0) is 6.42 Å². The number of nitrogens with zero attached hydrogens (tertiary/aromatic N) is 2. The summed E-state index contributed by atoms with van der Waals surface area (Å²) in [6.07, 6.45) is 2.20. The van der Waals surface area contributed by atoms with Gasteiger partial charge in [-0.25, -0.2) is 4.98 Å². The molecule has 3 N–H and O–H groups in total. The summed E-state index contributed by atoms with van der Waals surface area (Å²) < 4.78 is 0. The third-order valence-electron chi connectivity index (χ3n) is 4.28. The molecule has 26 heavy (non-hydrogen) atoms. The first kappa shape index (κ1) is 20.4. The molecule has 0 spiro atoms. The maximum atomic E-state index is 12.4. The Hall–Kier alpha value is -1.96. The van der Waals surface area contributed by atoms with Gasteiger partial charge in [-0.15, -0.1) is 23.7 Å². The number of amides is 2. The van der Waals surface area contributed by atoms with E-state index in [-0.39, 0.29) is 30.3 Å². The largest absolute Gasteiger partial charge is 0.348 e. The third kappa shape index (κ3) is 5.03. The molecule has 2 amide bonds. The Labute approximate surface area is 163 Å². The van der Waals surface area contributed by atoms with Crippen LogP contribution in [0.15, 0.2) is 35.7 Å². The maximum absolute atomic E-state index is 12.4. The number of hydrogen-bond donors (Lipinski definition) is 2. The number of nitrogens with one attached hydrogen (secondary N) is 1. The van der Waals surface area contributed by atoms with Crippen molar-refractivity contribution in [1.82, 2.24) is 15.2 Å². The number of halogens is 1. The van der Waals surface area contributed by atoms with Crippen LogP contribution in [0.25, 0.3) is 0 Å². The van der Waals surface area contributed by atoms with Gasteiger partial charge in [0.1, 0.15) is 5.69 Å². The van der Waals surface area contributed by atoms with Gasteiger partial charge in [-0.2, -0.15) is 0 Å². The van der Waals surface area contributed by atoms with Crippen LogP contribution in [0.2, 0.25) is 0 Å². The fourth-order valence-corrected chi connectivity index (χ4v) is 3.70. The van der Waals surface area contributed by atoms with Crippen LogP contribution in [0, 0.1) is 0 Å². The summed E-state index contributed by atoms with van der Waals surface area (Å²) >= 11 is 1.46. The van der Waals surface area contributed by atoms with E-state index in [1.54, 1.807) is 5.38 Å². The number of piperidine rings is 1. The lowest BCUT2D eigenvalue weighted by Crippen LogP contribution is -2.46. The molecule has 3 rings (SSSR count). The Morgan fingerprint density at radius 1 is 1.23 bits per heavy atom. The van der Waals surface area contributed by atoms with Crippen LogP contribution in [0.4, 0.5) is 0 Å². The van der Waals surface area contributed by atoms with Gasteiger partial charge in [0.2, 0.25) is 0 Å². The van der Waals surface area contributed by atoms with Crippen molar-refractivity contribution >= 4 is 35.6 Å². The Bertz CT molecular complexity index is 730. The van der Waals surface area contributed by atoms with Crippen molar-refractivity contribution in [3.63, 3.8) is 0 Å². The van der Waals surface area contributed by atoms with Gasteiger partial charge in [0.25, 0.3) is 11.8 Å². The second-order valence-corrected chi connectivity index (χ2v) is 7.01. The van der Waals surface area contributed by atoms with E-state index in [0.29, 0.717) is 37.3 Å². The molecule has 1 saturated heterocycles. The molecule has 2 heterocycles. The van der Waals surface area contributed by atoms with Crippen LogP contribution in [0.1, 0.15) is 38.7 Å². The molecule has 0 aliphatic carbocycles. The molecule has 1 aromatic carbocycles. The fourth-order valence-electron chi connectivity index (χ4n) is 2.90. The Morgan fingerprint density at radius 3 is 2.58 bits per heavy atom. The first-order chi connectivity index (χ1) is 12.2. The van der Waals surface area contributed by atoms with Crippen molar-refractivity contribution in [2.75, 3.05) is 19.6 Å². The van der Waals surface area contributed by atoms with E-state index < -0.39 is 0 Å². The van der Waals surface area contributed by atoms with Crippen molar-refractivity contribution in [3.8, 4) is 0 Å². The average molecular weight is 395 g/mol. The first-order valence-corrected chi connectivity index (χ1v) is 9.35. The van der Waals surface area contributed by atoms with Gasteiger partial charge in [0, 0.05) is 36.5 Å². The Balaban J connectivity index is 0.00000243. The maximum Gasteiger partial charge on any atom is 0.270 e. The van der Waals surface area contributed by atoms with Crippen molar-refractivity contribution in [2.24, 2.45) is 5.73 Å². The van der Waals surface area contributed by atoms with E-state index in [1.165, 1.54) is 11.3 Å². The van der Waals surface area contributed by atoms with Gasteiger partial charge in [-0.05, 0) is 31.5 Å². The summed E-state index contributed by atoms with van der Waals surface area (Å²) in [5, 5.41) is 5.68. The van der Waals surface area contributed by atoms with Crippen molar-refractivity contribution in [2.45, 2.75) is 25.3 Å². The second kappa shape index (κ2) is 9.66. The minimum absolute atomic E-state index is 0. The van der Waals surface area contributed by atoms with Gasteiger partial charge in [-0.3, -0.25) is 9.59 Å². The highest BCUT2D eigenvalue weighted by Crippen LogP contribution is 2.15. The number of carbonyl (C=O) groups is 2. The number of rotatable bonds is 5. The Kier molecular flexibility index (Phi) is 7.56. The van der Waals surface area contributed by atoms with Gasteiger partial charge < -0.3 is 16.0 Å². The zero-order valence-electron chi connectivity index (χ0n) is 14.4. The predicted octanol–water partition coefficient (Wildman–Crippen LogP) is 2.10. The number of carbonyl (C=O) groups excluding carboxylic acids is 2. The van der Waals surface area contributed by atoms with E-state index in [2.05, 4.69) is 10.3 Å². The molecule has 0 radical (unpaired) electrons. The van der Waals surface area contributed by atoms with Crippen LogP contribution in [0.3, 0.4) is 0 Å². The number of thiazole rings is 1. The number of likely N-dealkylation sites (tertiary alicyclic amines) is 1. The van der Waals surface area contributed by atoms with Crippen LogP contribution < -0.4 is 11.1 Å². The number of nitrogens with two attached hydrogens (primary N) is 1. The van der Waals surface area contributed by atoms with E-state index >= 15 is 0 Å². The van der Waals surface area contributed by atoms with Gasteiger partial charge in [-0.1, -0.05) is 18.2 Å². The van der Waals surface area contributed by atoms with Crippen molar-refractivity contribution in [3.05, 3.63) is 52.0 Å². The summed E-state index contributed by atoms with van der Waals surface area (Å²) in [5.41, 5.74) is 6.67. The number of benzene rings is 1. The summed E-state index contributed by atoms with van der Waals surface area (Å²) in [6.45, 7) is 1.82. The molecular formula is C18H23ClN4O2S. The lowest BCUT2D eigenvalue weighted by atomic mass is 10.0. The highest BCUT2D eigenvalue weighted by Gasteiger charge is 2.25. The third-order valence-corrected chi connectivity index (χ3v) is 5.19. The molecule has 140 valence electrons. The van der Waals surface area contributed by atoms with Crippen LogP contribution >= 0.6 is 23.7 Å². The molecule has 1 aliphatic rings. The van der Waals surface area contributed by atoms with E-state index in [1.807, 2.05) is 35.2 Å². The SMILES string of the molecule is Cl.NCCc1nc(C(=O)NC2CCN(C(=O)c3ccccc3)CC2)cs1. The fraction of sp³-hybridized carbons (Fsp3) is 0.389. The molecule has 0 bridgehead atoms. The molecule has 0 saturated carbocycles. The van der Waals surface area contributed by atoms with Gasteiger partial charge in [0.15, 0.2) is 0 Å². The molecule has 8 heteroatoms. The molecule has 2 aromatic rings. The second-order valence-electron chi connectivity index (χ2n) is 6.07. The smallest absolute Gasteiger partial charge is 0.270 e. The molecular weight excluding hydrogens is 372 g/mol. The zero-order valence-corrected chi connectivity index (χ0v) is 16.0. The summed E-state index contributed by atoms with van der Waals surface area (Å²) in [6, 6.07) is 9.37. The lowest BCUT2D eigenvalue weighted by molar-refractivity contribution is 0.0697. The summed E-state index contributed by atoms with van der Waals surface area (Å²) in [4.78, 5) is 30.9. The predicted molar refractivity (Wildman–Crippen MR) is 105 cm³/mol. The van der Waals surface area contributed by atoms with Crippen molar-refractivity contribution < 1.29 is 9.59 Å². The number of aromatic nitrogens is 1. The van der Waals surface area contributed by atoms with E-state index in [9.17, 15) is 9.59 Å². The minimum atomic E-state index is -0.146. The summed E-state index contributed by atoms with van der Waals surface area (Å²) in [7, 11) is 0. The standard InChI is InChI=1S/C18H22N4O2S.ClH/c19-9-6-16-21-15(12-25-16)17(23)20-14-7-10-22(11-8-14)18(24)13-4-2-1-3-5-13;/h1-5,12,14H,6-11,19H2,(H,20,23);1H. The van der Waals surface area contributed by atoms with Gasteiger partial charge >= 0.3 is 0 Å². The van der Waals surface area contributed by atoms with E-state index in [0.717, 1.165) is 17.8 Å². The highest BCUT2D eigenvalue weighted by molar-refractivity contribution is 7.09. The topological polar surface area (TPSA) is 88.3 Å². The Morgan fingerprint density at radius 2 is 1.92 bits per heavy atom. The van der Waals surface area contributed by atoms with Gasteiger partial charge in [0.05, 0.1) is 5.01 Å². The van der Waals surface area contributed by atoms with E-state index in [4.69, 9.17) is 5.73 Å².